The molecule has 0 aromatic carbocycles. The van der Waals surface area contributed by atoms with E-state index in [0.717, 1.165) is 19.3 Å². The lowest BCUT2D eigenvalue weighted by atomic mass is 10.3. The maximum atomic E-state index is 9.96. The van der Waals surface area contributed by atoms with Gasteiger partial charge in [0, 0.05) is 0 Å². The fraction of sp³-hybridized carbons (Fsp3) is 0.875. The highest BCUT2D eigenvalue weighted by Gasteiger charge is 1.90. The summed E-state index contributed by atoms with van der Waals surface area (Å²) >= 11 is 0. The van der Waals surface area contributed by atoms with Crippen molar-refractivity contribution >= 4 is 6.09 Å². The van der Waals surface area contributed by atoms with Crippen molar-refractivity contribution < 1.29 is 9.53 Å². The molecule has 0 aromatic heterocycles. The van der Waals surface area contributed by atoms with Crippen LogP contribution in [-0.2, 0) is 4.74 Å². The zero-order valence-corrected chi connectivity index (χ0v) is 7.72. The van der Waals surface area contributed by atoms with Crippen LogP contribution in [0.2, 0.25) is 0 Å². The van der Waals surface area contributed by atoms with Crippen LogP contribution >= 0.6 is 0 Å². The van der Waals surface area contributed by atoms with Crippen LogP contribution in [0.15, 0.2) is 0 Å². The number of hydrogen-bond donors (Lipinski definition) is 1. The number of rotatable bonds is 4. The van der Waals surface area contributed by atoms with E-state index in [2.05, 4.69) is 11.7 Å². The first-order valence-electron chi connectivity index (χ1n) is 4.19. The number of primary amides is 1. The lowest BCUT2D eigenvalue weighted by Gasteiger charge is -1.97. The molecule has 0 bridgehead atoms. The first-order valence-corrected chi connectivity index (χ1v) is 4.19. The SMILES string of the molecule is CC.CCCCCOC(N)=O. The van der Waals surface area contributed by atoms with Crippen LogP contribution in [0.25, 0.3) is 0 Å². The average molecular weight is 161 g/mol. The van der Waals surface area contributed by atoms with E-state index in [-0.39, 0.29) is 0 Å². The first kappa shape index (κ1) is 12.9. The van der Waals surface area contributed by atoms with E-state index < -0.39 is 6.09 Å². The molecule has 0 spiro atoms. The number of hydrogen-bond acceptors (Lipinski definition) is 2. The Kier molecular flexibility index (Phi) is 14.1. The normalized spacial score (nSPS) is 7.91. The minimum Gasteiger partial charge on any atom is -0.450 e. The Hall–Kier alpha value is -0.730. The van der Waals surface area contributed by atoms with Gasteiger partial charge >= 0.3 is 6.09 Å². The second-order valence-corrected chi connectivity index (χ2v) is 1.87. The molecule has 0 aliphatic heterocycles. The fourth-order valence-electron chi connectivity index (χ4n) is 0.525. The van der Waals surface area contributed by atoms with Gasteiger partial charge in [-0.25, -0.2) is 4.79 Å². The predicted molar refractivity (Wildman–Crippen MR) is 46.4 cm³/mol. The number of nitrogens with two attached hydrogens (primary N) is 1. The highest BCUT2D eigenvalue weighted by atomic mass is 16.5. The molecule has 68 valence electrons. The van der Waals surface area contributed by atoms with Crippen molar-refractivity contribution in [1.82, 2.24) is 0 Å². The number of carbonyl (C=O) groups is 1. The standard InChI is InChI=1S/C6H13NO2.C2H6/c1-2-3-4-5-9-6(7)8;1-2/h2-5H2,1H3,(H2,7,8);1-2H3. The third kappa shape index (κ3) is 17.6. The summed E-state index contributed by atoms with van der Waals surface area (Å²) in [5.41, 5.74) is 4.71. The van der Waals surface area contributed by atoms with Crippen molar-refractivity contribution in [3.05, 3.63) is 0 Å². The number of unbranched alkanes of at least 4 members (excludes halogenated alkanes) is 2. The smallest absolute Gasteiger partial charge is 0.404 e. The Labute approximate surface area is 68.9 Å². The molecule has 2 N–H and O–H groups in total. The van der Waals surface area contributed by atoms with Gasteiger partial charge in [-0.3, -0.25) is 0 Å². The second kappa shape index (κ2) is 12.0. The van der Waals surface area contributed by atoms with Crippen molar-refractivity contribution in [2.75, 3.05) is 6.61 Å². The maximum absolute atomic E-state index is 9.96. The summed E-state index contributed by atoms with van der Waals surface area (Å²) in [7, 11) is 0. The lowest BCUT2D eigenvalue weighted by molar-refractivity contribution is 0.154. The Morgan fingerprint density at radius 1 is 1.36 bits per heavy atom. The van der Waals surface area contributed by atoms with Crippen LogP contribution < -0.4 is 5.73 Å². The van der Waals surface area contributed by atoms with Crippen molar-refractivity contribution in [3.8, 4) is 0 Å². The molecule has 0 radical (unpaired) electrons. The number of amides is 1. The summed E-state index contributed by atoms with van der Waals surface area (Å²) in [4.78, 5) is 9.96. The highest BCUT2D eigenvalue weighted by Crippen LogP contribution is 1.93. The quantitative estimate of drug-likeness (QED) is 0.643. The molecule has 3 heteroatoms. The van der Waals surface area contributed by atoms with E-state index in [0.29, 0.717) is 6.61 Å². The van der Waals surface area contributed by atoms with E-state index in [1.54, 1.807) is 0 Å². The summed E-state index contributed by atoms with van der Waals surface area (Å²) < 4.78 is 4.48. The monoisotopic (exact) mass is 161 g/mol. The predicted octanol–water partition coefficient (Wildman–Crippen LogP) is 2.30. The van der Waals surface area contributed by atoms with Crippen molar-refractivity contribution in [2.24, 2.45) is 5.73 Å². The molecule has 3 nitrogen and oxygen atoms in total. The Morgan fingerprint density at radius 3 is 2.27 bits per heavy atom. The molecule has 0 fully saturated rings. The molecule has 11 heavy (non-hydrogen) atoms. The van der Waals surface area contributed by atoms with Gasteiger partial charge < -0.3 is 10.5 Å². The molecule has 0 aliphatic carbocycles. The van der Waals surface area contributed by atoms with Crippen molar-refractivity contribution in [3.63, 3.8) is 0 Å². The van der Waals surface area contributed by atoms with Crippen LogP contribution in [0, 0.1) is 0 Å². The first-order chi connectivity index (χ1) is 5.27. The average Bonchev–Trinajstić information content (AvgIpc) is 2.02. The molecular weight excluding hydrogens is 142 g/mol. The van der Waals surface area contributed by atoms with Gasteiger partial charge in [0.15, 0.2) is 0 Å². The topological polar surface area (TPSA) is 52.3 Å². The van der Waals surface area contributed by atoms with E-state index in [1.807, 2.05) is 13.8 Å². The van der Waals surface area contributed by atoms with E-state index in [4.69, 9.17) is 5.73 Å². The molecule has 0 rings (SSSR count). The molecule has 0 atom stereocenters. The molecule has 0 aliphatic rings. The van der Waals surface area contributed by atoms with Gasteiger partial charge in [0.05, 0.1) is 6.61 Å². The highest BCUT2D eigenvalue weighted by molar-refractivity contribution is 5.64. The summed E-state index contributed by atoms with van der Waals surface area (Å²) in [6, 6.07) is 0. The van der Waals surface area contributed by atoms with Gasteiger partial charge in [0.1, 0.15) is 0 Å². The van der Waals surface area contributed by atoms with Gasteiger partial charge in [0.2, 0.25) is 0 Å². The van der Waals surface area contributed by atoms with Crippen LogP contribution in [0.4, 0.5) is 4.79 Å². The van der Waals surface area contributed by atoms with Gasteiger partial charge in [0.25, 0.3) is 0 Å². The zero-order valence-electron chi connectivity index (χ0n) is 7.72. The Morgan fingerprint density at radius 2 is 1.91 bits per heavy atom. The fourth-order valence-corrected chi connectivity index (χ4v) is 0.525. The molecule has 0 unspecified atom stereocenters. The lowest BCUT2D eigenvalue weighted by Crippen LogP contribution is -2.13. The summed E-state index contributed by atoms with van der Waals surface area (Å²) in [5, 5.41) is 0. The van der Waals surface area contributed by atoms with Crippen LogP contribution in [0.3, 0.4) is 0 Å². The molecule has 0 heterocycles. The third-order valence-electron chi connectivity index (χ3n) is 0.992. The van der Waals surface area contributed by atoms with Crippen LogP contribution in [0.1, 0.15) is 40.0 Å². The van der Waals surface area contributed by atoms with Crippen LogP contribution in [-0.4, -0.2) is 12.7 Å². The Balaban J connectivity index is 0. The summed E-state index contributed by atoms with van der Waals surface area (Å²) in [6.45, 7) is 6.55. The molecule has 0 saturated heterocycles. The summed E-state index contributed by atoms with van der Waals surface area (Å²) in [5.74, 6) is 0. The van der Waals surface area contributed by atoms with E-state index in [9.17, 15) is 4.79 Å². The minimum absolute atomic E-state index is 0.461. The van der Waals surface area contributed by atoms with E-state index >= 15 is 0 Å². The third-order valence-corrected chi connectivity index (χ3v) is 0.992. The van der Waals surface area contributed by atoms with Crippen molar-refractivity contribution in [1.29, 1.82) is 0 Å². The largest absolute Gasteiger partial charge is 0.450 e. The summed E-state index contributed by atoms with van der Waals surface area (Å²) in [6.07, 6.45) is 2.46. The maximum Gasteiger partial charge on any atom is 0.404 e. The van der Waals surface area contributed by atoms with Gasteiger partial charge in [-0.1, -0.05) is 33.6 Å². The second-order valence-electron chi connectivity index (χ2n) is 1.87. The molecule has 0 aromatic rings. The van der Waals surface area contributed by atoms with E-state index in [1.165, 1.54) is 0 Å². The minimum atomic E-state index is -0.675. The van der Waals surface area contributed by atoms with Gasteiger partial charge in [-0.05, 0) is 6.42 Å². The Bertz CT molecular complexity index is 84.2. The van der Waals surface area contributed by atoms with Crippen LogP contribution in [0.5, 0.6) is 0 Å². The zero-order chi connectivity index (χ0) is 9.11. The van der Waals surface area contributed by atoms with Gasteiger partial charge in [-0.15, -0.1) is 0 Å². The van der Waals surface area contributed by atoms with Gasteiger partial charge in [-0.2, -0.15) is 0 Å². The number of ether oxygens (including phenoxy) is 1. The molecule has 1 amide bonds. The molecular formula is C8H19NO2. The molecule has 0 saturated carbocycles. The number of carbonyl (C=O) groups excluding carboxylic acids is 1. The van der Waals surface area contributed by atoms with Crippen molar-refractivity contribution in [2.45, 2.75) is 40.0 Å².